The van der Waals surface area contributed by atoms with Gasteiger partial charge in [0.05, 0.1) is 15.5 Å². The molecule has 2 N–H and O–H groups in total. The fraction of sp³-hybridized carbons (Fsp3) is 0.500. The van der Waals surface area contributed by atoms with Crippen molar-refractivity contribution in [3.8, 4) is 0 Å². The normalized spacial score (nSPS) is 20.9. The second kappa shape index (κ2) is 5.65. The van der Waals surface area contributed by atoms with Crippen LogP contribution in [0.5, 0.6) is 0 Å². The third kappa shape index (κ3) is 2.98. The molecule has 0 spiro atoms. The van der Waals surface area contributed by atoms with Gasteiger partial charge in [0.15, 0.2) is 0 Å². The van der Waals surface area contributed by atoms with Gasteiger partial charge in [-0.15, -0.1) is 0 Å². The van der Waals surface area contributed by atoms with Crippen molar-refractivity contribution in [3.63, 3.8) is 0 Å². The maximum Gasteiger partial charge on any atom is 0.275 e. The summed E-state index contributed by atoms with van der Waals surface area (Å²) in [7, 11) is 0. The molecule has 5 nitrogen and oxygen atoms in total. The molecular weight excluding hydrogens is 254 g/mol. The summed E-state index contributed by atoms with van der Waals surface area (Å²) in [6.07, 6.45) is 2.04. The molecule has 0 radical (unpaired) electrons. The van der Waals surface area contributed by atoms with Crippen LogP contribution in [0.1, 0.15) is 18.4 Å². The highest BCUT2D eigenvalue weighted by Gasteiger charge is 2.22. The first-order chi connectivity index (χ1) is 8.58. The van der Waals surface area contributed by atoms with Gasteiger partial charge in [-0.1, -0.05) is 17.7 Å². The zero-order valence-electron chi connectivity index (χ0n) is 10.0. The Morgan fingerprint density at radius 3 is 3.00 bits per heavy atom. The monoisotopic (exact) mass is 269 g/mol. The molecule has 1 aromatic rings. The van der Waals surface area contributed by atoms with Crippen LogP contribution in [-0.2, 0) is 6.54 Å². The molecule has 0 amide bonds. The molecule has 0 unspecified atom stereocenters. The van der Waals surface area contributed by atoms with E-state index in [-0.39, 0.29) is 16.7 Å². The first-order valence-corrected chi connectivity index (χ1v) is 6.35. The fourth-order valence-corrected chi connectivity index (χ4v) is 2.56. The van der Waals surface area contributed by atoms with Crippen molar-refractivity contribution in [2.45, 2.75) is 25.4 Å². The van der Waals surface area contributed by atoms with E-state index in [1.165, 1.54) is 6.07 Å². The Labute approximate surface area is 111 Å². The Bertz CT molecular complexity index is 453. The van der Waals surface area contributed by atoms with Crippen molar-refractivity contribution in [3.05, 3.63) is 38.9 Å². The van der Waals surface area contributed by atoms with Crippen LogP contribution in [0, 0.1) is 10.1 Å². The molecule has 0 aromatic heterocycles. The predicted molar refractivity (Wildman–Crippen MR) is 70.6 cm³/mol. The molecule has 2 rings (SSSR count). The molecule has 0 aliphatic carbocycles. The number of piperidine rings is 1. The van der Waals surface area contributed by atoms with E-state index < -0.39 is 0 Å². The van der Waals surface area contributed by atoms with Gasteiger partial charge in [0.1, 0.15) is 0 Å². The maximum atomic E-state index is 11.0. The Kier molecular flexibility index (Phi) is 4.16. The lowest BCUT2D eigenvalue weighted by Crippen LogP contribution is -2.42. The lowest BCUT2D eigenvalue weighted by molar-refractivity contribution is -0.385. The number of rotatable bonds is 3. The summed E-state index contributed by atoms with van der Waals surface area (Å²) < 4.78 is 0. The van der Waals surface area contributed by atoms with Crippen LogP contribution in [0.3, 0.4) is 0 Å². The number of nitrogens with zero attached hydrogens (tertiary/aromatic N) is 2. The van der Waals surface area contributed by atoms with E-state index in [1.54, 1.807) is 12.1 Å². The van der Waals surface area contributed by atoms with Gasteiger partial charge in [0, 0.05) is 25.2 Å². The molecule has 1 aliphatic rings. The van der Waals surface area contributed by atoms with Crippen molar-refractivity contribution in [2.75, 3.05) is 13.1 Å². The van der Waals surface area contributed by atoms with E-state index in [0.717, 1.165) is 25.9 Å². The predicted octanol–water partition coefficient (Wildman–Crippen LogP) is 2.17. The van der Waals surface area contributed by atoms with Crippen molar-refractivity contribution >= 4 is 17.3 Å². The molecule has 98 valence electrons. The zero-order chi connectivity index (χ0) is 13.1. The lowest BCUT2D eigenvalue weighted by Gasteiger charge is -2.30. The van der Waals surface area contributed by atoms with Gasteiger partial charge in [0.2, 0.25) is 0 Å². The van der Waals surface area contributed by atoms with Crippen LogP contribution in [-0.4, -0.2) is 29.0 Å². The molecule has 1 heterocycles. The number of nitro benzene ring substituents is 1. The third-order valence-corrected chi connectivity index (χ3v) is 3.57. The standard InChI is InChI=1S/C12H16ClN3O2/c13-11-4-1-5-12(16(17)18)10(11)8-15-6-2-3-9(14)7-15/h1,4-5,9H,2-3,6-8,14H2/t9-/m1/s1. The number of hydrogen-bond acceptors (Lipinski definition) is 4. The summed E-state index contributed by atoms with van der Waals surface area (Å²) in [4.78, 5) is 12.7. The molecule has 6 heteroatoms. The summed E-state index contributed by atoms with van der Waals surface area (Å²) >= 11 is 6.07. The average molecular weight is 270 g/mol. The summed E-state index contributed by atoms with van der Waals surface area (Å²) in [6, 6.07) is 4.94. The summed E-state index contributed by atoms with van der Waals surface area (Å²) in [5, 5.41) is 11.4. The van der Waals surface area contributed by atoms with Crippen LogP contribution in [0.25, 0.3) is 0 Å². The van der Waals surface area contributed by atoms with Gasteiger partial charge >= 0.3 is 0 Å². The van der Waals surface area contributed by atoms with E-state index in [1.807, 2.05) is 0 Å². The summed E-state index contributed by atoms with van der Waals surface area (Å²) in [5.74, 6) is 0. The second-order valence-corrected chi connectivity index (χ2v) is 5.04. The van der Waals surface area contributed by atoms with Crippen molar-refractivity contribution in [1.82, 2.24) is 4.90 Å². The first-order valence-electron chi connectivity index (χ1n) is 5.97. The first kappa shape index (κ1) is 13.3. The Morgan fingerprint density at radius 1 is 1.56 bits per heavy atom. The number of nitrogens with two attached hydrogens (primary N) is 1. The Morgan fingerprint density at radius 2 is 2.33 bits per heavy atom. The van der Waals surface area contributed by atoms with Gasteiger partial charge in [-0.05, 0) is 25.5 Å². The fourth-order valence-electron chi connectivity index (χ4n) is 2.33. The average Bonchev–Trinajstić information content (AvgIpc) is 2.31. The molecule has 0 saturated carbocycles. The smallest absolute Gasteiger partial charge is 0.275 e. The van der Waals surface area contributed by atoms with E-state index >= 15 is 0 Å². The topological polar surface area (TPSA) is 72.4 Å². The molecule has 1 aromatic carbocycles. The summed E-state index contributed by atoms with van der Waals surface area (Å²) in [5.41, 5.74) is 6.57. The quantitative estimate of drug-likeness (QED) is 0.674. The van der Waals surface area contributed by atoms with E-state index in [9.17, 15) is 10.1 Å². The van der Waals surface area contributed by atoms with Crippen LogP contribution in [0.2, 0.25) is 5.02 Å². The van der Waals surface area contributed by atoms with Crippen molar-refractivity contribution in [2.24, 2.45) is 5.73 Å². The van der Waals surface area contributed by atoms with Gasteiger partial charge < -0.3 is 5.73 Å². The van der Waals surface area contributed by atoms with Gasteiger partial charge in [0.25, 0.3) is 5.69 Å². The number of benzene rings is 1. The highest BCUT2D eigenvalue weighted by Crippen LogP contribution is 2.28. The van der Waals surface area contributed by atoms with Gasteiger partial charge in [-0.2, -0.15) is 0 Å². The largest absolute Gasteiger partial charge is 0.327 e. The number of hydrogen-bond donors (Lipinski definition) is 1. The van der Waals surface area contributed by atoms with Gasteiger partial charge in [-0.25, -0.2) is 0 Å². The van der Waals surface area contributed by atoms with E-state index in [4.69, 9.17) is 17.3 Å². The molecule has 1 atom stereocenters. The Balaban J connectivity index is 2.20. The highest BCUT2D eigenvalue weighted by molar-refractivity contribution is 6.31. The molecule has 1 aliphatic heterocycles. The van der Waals surface area contributed by atoms with Crippen molar-refractivity contribution in [1.29, 1.82) is 0 Å². The minimum Gasteiger partial charge on any atom is -0.327 e. The minimum atomic E-state index is -0.384. The number of likely N-dealkylation sites (tertiary alicyclic amines) is 1. The molecule has 0 bridgehead atoms. The third-order valence-electron chi connectivity index (χ3n) is 3.21. The van der Waals surface area contributed by atoms with Crippen LogP contribution in [0.4, 0.5) is 5.69 Å². The molecule has 1 saturated heterocycles. The Hall–Kier alpha value is -1.17. The number of halogens is 1. The van der Waals surface area contributed by atoms with Crippen LogP contribution in [0.15, 0.2) is 18.2 Å². The summed E-state index contributed by atoms with van der Waals surface area (Å²) in [6.45, 7) is 2.17. The SMILES string of the molecule is N[C@@H]1CCCN(Cc2c(Cl)cccc2[N+](=O)[O-])C1. The molecule has 18 heavy (non-hydrogen) atoms. The van der Waals surface area contributed by atoms with Gasteiger partial charge in [-0.3, -0.25) is 15.0 Å². The maximum absolute atomic E-state index is 11.0. The molecule has 1 fully saturated rings. The highest BCUT2D eigenvalue weighted by atomic mass is 35.5. The molecular formula is C12H16ClN3O2. The minimum absolute atomic E-state index is 0.0849. The van der Waals surface area contributed by atoms with E-state index in [0.29, 0.717) is 17.1 Å². The van der Waals surface area contributed by atoms with E-state index in [2.05, 4.69) is 4.90 Å². The number of nitro groups is 1. The lowest BCUT2D eigenvalue weighted by atomic mass is 10.1. The van der Waals surface area contributed by atoms with Crippen LogP contribution >= 0.6 is 11.6 Å². The second-order valence-electron chi connectivity index (χ2n) is 4.63. The van der Waals surface area contributed by atoms with Crippen molar-refractivity contribution < 1.29 is 4.92 Å². The zero-order valence-corrected chi connectivity index (χ0v) is 10.8. The van der Waals surface area contributed by atoms with Crippen LogP contribution < -0.4 is 5.73 Å².